The molecule has 5 nitrogen and oxygen atoms in total. The second-order valence-electron chi connectivity index (χ2n) is 5.27. The van der Waals surface area contributed by atoms with Crippen LogP contribution in [-0.2, 0) is 9.59 Å². The number of rotatable bonds is 4. The van der Waals surface area contributed by atoms with Crippen molar-refractivity contribution in [3.63, 3.8) is 0 Å². The Morgan fingerprint density at radius 1 is 1.33 bits per heavy atom. The summed E-state index contributed by atoms with van der Waals surface area (Å²) in [5.74, 6) is -0.0991. The molecule has 0 aromatic rings. The average Bonchev–Trinajstić information content (AvgIpc) is 2.63. The van der Waals surface area contributed by atoms with Crippen molar-refractivity contribution in [1.82, 2.24) is 15.1 Å². The first kappa shape index (κ1) is 13.5. The third-order valence-electron chi connectivity index (χ3n) is 4.08. The molecule has 0 aromatic carbocycles. The van der Waals surface area contributed by atoms with E-state index in [4.69, 9.17) is 0 Å². The minimum Gasteiger partial charge on any atom is -0.304 e. The van der Waals surface area contributed by atoms with Crippen molar-refractivity contribution >= 4 is 11.8 Å². The molecule has 102 valence electrons. The molecular formula is C13H23N3O2. The van der Waals surface area contributed by atoms with Crippen molar-refractivity contribution in [1.29, 1.82) is 0 Å². The lowest BCUT2D eigenvalue weighted by Gasteiger charge is -2.33. The molecule has 0 radical (unpaired) electrons. The third kappa shape index (κ3) is 2.72. The molecule has 1 N–H and O–H groups in total. The number of hydrogen-bond donors (Lipinski definition) is 1. The molecule has 0 aromatic heterocycles. The molecule has 2 fully saturated rings. The number of piperidine rings is 1. The number of amides is 2. The SMILES string of the molecule is CCN1C(=O)CC(NCC2CCCCN2C)C1=O. The molecule has 2 heterocycles. The lowest BCUT2D eigenvalue weighted by atomic mass is 10.0. The summed E-state index contributed by atoms with van der Waals surface area (Å²) < 4.78 is 0. The zero-order valence-electron chi connectivity index (χ0n) is 11.3. The molecule has 0 saturated carbocycles. The van der Waals surface area contributed by atoms with Gasteiger partial charge in [-0.15, -0.1) is 0 Å². The summed E-state index contributed by atoms with van der Waals surface area (Å²) in [5, 5.41) is 3.27. The molecule has 18 heavy (non-hydrogen) atoms. The summed E-state index contributed by atoms with van der Waals surface area (Å²) in [6.45, 7) is 4.26. The standard InChI is InChI=1S/C13H23N3O2/c1-3-16-12(17)8-11(13(16)18)14-9-10-6-4-5-7-15(10)2/h10-11,14H,3-9H2,1-2H3. The first-order valence-electron chi connectivity index (χ1n) is 6.91. The maximum atomic E-state index is 11.9. The van der Waals surface area contributed by atoms with E-state index in [9.17, 15) is 9.59 Å². The molecule has 2 saturated heterocycles. The second-order valence-corrected chi connectivity index (χ2v) is 5.27. The lowest BCUT2D eigenvalue weighted by molar-refractivity contribution is -0.138. The molecule has 0 aliphatic carbocycles. The highest BCUT2D eigenvalue weighted by molar-refractivity contribution is 6.05. The van der Waals surface area contributed by atoms with Gasteiger partial charge in [-0.3, -0.25) is 14.5 Å². The molecular weight excluding hydrogens is 230 g/mol. The summed E-state index contributed by atoms with van der Waals surface area (Å²) in [5.41, 5.74) is 0. The molecule has 2 aliphatic rings. The van der Waals surface area contributed by atoms with Crippen LogP contribution >= 0.6 is 0 Å². The van der Waals surface area contributed by atoms with Crippen molar-refractivity contribution in [2.45, 2.75) is 44.7 Å². The van der Waals surface area contributed by atoms with Crippen molar-refractivity contribution < 1.29 is 9.59 Å². The quantitative estimate of drug-likeness (QED) is 0.728. The minimum absolute atomic E-state index is 0.0444. The summed E-state index contributed by atoms with van der Waals surface area (Å²) in [6, 6.07) is 0.199. The van der Waals surface area contributed by atoms with E-state index in [1.165, 1.54) is 24.2 Å². The van der Waals surface area contributed by atoms with Gasteiger partial charge in [0, 0.05) is 19.1 Å². The number of imide groups is 1. The van der Waals surface area contributed by atoms with Gasteiger partial charge in [0.1, 0.15) is 0 Å². The number of nitrogens with zero attached hydrogens (tertiary/aromatic N) is 2. The number of carbonyl (C=O) groups excluding carboxylic acids is 2. The first-order valence-corrected chi connectivity index (χ1v) is 6.91. The Bertz CT molecular complexity index is 332. The van der Waals surface area contributed by atoms with Gasteiger partial charge in [0.2, 0.25) is 11.8 Å². The Morgan fingerprint density at radius 2 is 2.11 bits per heavy atom. The molecule has 2 unspecified atom stereocenters. The van der Waals surface area contributed by atoms with Gasteiger partial charge in [-0.1, -0.05) is 6.42 Å². The maximum Gasteiger partial charge on any atom is 0.246 e. The smallest absolute Gasteiger partial charge is 0.246 e. The van der Waals surface area contributed by atoms with E-state index in [2.05, 4.69) is 17.3 Å². The van der Waals surface area contributed by atoms with Gasteiger partial charge >= 0.3 is 0 Å². The summed E-state index contributed by atoms with van der Waals surface area (Å²) in [7, 11) is 2.13. The Labute approximate surface area is 108 Å². The van der Waals surface area contributed by atoms with E-state index in [-0.39, 0.29) is 17.9 Å². The predicted molar refractivity (Wildman–Crippen MR) is 69.1 cm³/mol. The van der Waals surface area contributed by atoms with E-state index < -0.39 is 0 Å². The Balaban J connectivity index is 1.83. The largest absolute Gasteiger partial charge is 0.304 e. The first-order chi connectivity index (χ1) is 8.63. The van der Waals surface area contributed by atoms with E-state index >= 15 is 0 Å². The Morgan fingerprint density at radius 3 is 2.72 bits per heavy atom. The molecule has 2 rings (SSSR count). The van der Waals surface area contributed by atoms with E-state index in [0.29, 0.717) is 19.0 Å². The van der Waals surface area contributed by atoms with Crippen molar-refractivity contribution in [3.05, 3.63) is 0 Å². The van der Waals surface area contributed by atoms with Gasteiger partial charge in [-0.25, -0.2) is 0 Å². The van der Waals surface area contributed by atoms with Gasteiger partial charge in [-0.2, -0.15) is 0 Å². The van der Waals surface area contributed by atoms with Crippen LogP contribution in [0.3, 0.4) is 0 Å². The third-order valence-corrected chi connectivity index (χ3v) is 4.08. The maximum absolute atomic E-state index is 11.9. The fourth-order valence-electron chi connectivity index (χ4n) is 2.86. The second kappa shape index (κ2) is 5.80. The number of likely N-dealkylation sites (tertiary alicyclic amines) is 2. The van der Waals surface area contributed by atoms with Crippen LogP contribution < -0.4 is 5.32 Å². The van der Waals surface area contributed by atoms with E-state index in [1.807, 2.05) is 6.92 Å². The highest BCUT2D eigenvalue weighted by Crippen LogP contribution is 2.16. The summed E-state index contributed by atoms with van der Waals surface area (Å²) in [6.07, 6.45) is 4.02. The van der Waals surface area contributed by atoms with Crippen molar-refractivity contribution in [2.24, 2.45) is 0 Å². The highest BCUT2D eigenvalue weighted by atomic mass is 16.2. The lowest BCUT2D eigenvalue weighted by Crippen LogP contribution is -2.47. The number of likely N-dealkylation sites (N-methyl/N-ethyl adjacent to an activating group) is 2. The molecule has 2 amide bonds. The van der Waals surface area contributed by atoms with Gasteiger partial charge < -0.3 is 10.2 Å². The van der Waals surface area contributed by atoms with Crippen LogP contribution in [0.1, 0.15) is 32.6 Å². The van der Waals surface area contributed by atoms with Crippen LogP contribution in [0.15, 0.2) is 0 Å². The number of carbonyl (C=O) groups is 2. The average molecular weight is 253 g/mol. The van der Waals surface area contributed by atoms with Crippen LogP contribution in [0.5, 0.6) is 0 Å². The zero-order valence-corrected chi connectivity index (χ0v) is 11.3. The zero-order chi connectivity index (χ0) is 13.1. The number of hydrogen-bond acceptors (Lipinski definition) is 4. The molecule has 2 aliphatic heterocycles. The highest BCUT2D eigenvalue weighted by Gasteiger charge is 2.37. The van der Waals surface area contributed by atoms with Gasteiger partial charge in [0.15, 0.2) is 0 Å². The molecule has 5 heteroatoms. The molecule has 2 atom stereocenters. The van der Waals surface area contributed by atoms with Crippen molar-refractivity contribution in [3.8, 4) is 0 Å². The van der Waals surface area contributed by atoms with E-state index in [0.717, 1.165) is 13.1 Å². The molecule has 0 spiro atoms. The fourth-order valence-corrected chi connectivity index (χ4v) is 2.86. The predicted octanol–water partition coefficient (Wildman–Crippen LogP) is 0.208. The van der Waals surface area contributed by atoms with Crippen LogP contribution in [0.4, 0.5) is 0 Å². The van der Waals surface area contributed by atoms with Crippen LogP contribution in [0.2, 0.25) is 0 Å². The van der Waals surface area contributed by atoms with Crippen LogP contribution in [0, 0.1) is 0 Å². The monoisotopic (exact) mass is 253 g/mol. The van der Waals surface area contributed by atoms with Crippen molar-refractivity contribution in [2.75, 3.05) is 26.7 Å². The minimum atomic E-state index is -0.298. The molecule has 0 bridgehead atoms. The Kier molecular flexibility index (Phi) is 4.35. The van der Waals surface area contributed by atoms with Crippen LogP contribution in [0.25, 0.3) is 0 Å². The summed E-state index contributed by atoms with van der Waals surface area (Å²) in [4.78, 5) is 27.2. The van der Waals surface area contributed by atoms with Gasteiger partial charge in [-0.05, 0) is 33.4 Å². The van der Waals surface area contributed by atoms with Gasteiger partial charge in [0.05, 0.1) is 12.5 Å². The Hall–Kier alpha value is -0.940. The topological polar surface area (TPSA) is 52.7 Å². The van der Waals surface area contributed by atoms with Gasteiger partial charge in [0.25, 0.3) is 0 Å². The number of nitrogens with one attached hydrogen (secondary N) is 1. The fraction of sp³-hybridized carbons (Fsp3) is 0.846. The summed E-state index contributed by atoms with van der Waals surface area (Å²) >= 11 is 0. The van der Waals surface area contributed by atoms with Crippen LogP contribution in [-0.4, -0.2) is 60.4 Å². The normalized spacial score (nSPS) is 30.2. The van der Waals surface area contributed by atoms with E-state index in [1.54, 1.807) is 0 Å².